The van der Waals surface area contributed by atoms with Crippen LogP contribution in [0.2, 0.25) is 0 Å². The Labute approximate surface area is 168 Å². The van der Waals surface area contributed by atoms with E-state index in [0.29, 0.717) is 17.9 Å². The predicted molar refractivity (Wildman–Crippen MR) is 108 cm³/mol. The van der Waals surface area contributed by atoms with E-state index in [4.69, 9.17) is 4.74 Å². The Morgan fingerprint density at radius 1 is 1.14 bits per heavy atom. The first-order valence-corrected chi connectivity index (χ1v) is 9.48. The fraction of sp³-hybridized carbons (Fsp3) is 0.318. The summed E-state index contributed by atoms with van der Waals surface area (Å²) in [6, 6.07) is 9.81. The molecule has 3 aromatic rings. The number of hydrogen-bond donors (Lipinski definition) is 0. The number of aryl methyl sites for hydroxylation is 1. The van der Waals surface area contributed by atoms with Crippen LogP contribution >= 0.6 is 0 Å². The number of benzene rings is 1. The third-order valence-electron chi connectivity index (χ3n) is 4.48. The van der Waals surface area contributed by atoms with Gasteiger partial charge in [-0.3, -0.25) is 14.3 Å². The molecule has 3 rings (SSSR count). The van der Waals surface area contributed by atoms with Crippen molar-refractivity contribution in [3.8, 4) is 11.5 Å². The highest BCUT2D eigenvalue weighted by molar-refractivity contribution is 5.84. The van der Waals surface area contributed by atoms with Gasteiger partial charge in [0.15, 0.2) is 5.78 Å². The summed E-state index contributed by atoms with van der Waals surface area (Å²) in [6.45, 7) is 4.01. The molecule has 0 spiro atoms. The quantitative estimate of drug-likeness (QED) is 0.578. The van der Waals surface area contributed by atoms with E-state index in [1.807, 2.05) is 13.8 Å². The van der Waals surface area contributed by atoms with Gasteiger partial charge in [-0.25, -0.2) is 4.39 Å². The molecule has 152 valence electrons. The second kappa shape index (κ2) is 8.86. The van der Waals surface area contributed by atoms with E-state index >= 15 is 0 Å². The predicted octanol–water partition coefficient (Wildman–Crippen LogP) is 3.91. The van der Waals surface area contributed by atoms with Crippen LogP contribution in [0.15, 0.2) is 59.7 Å². The molecular weight excluding hydrogens is 373 g/mol. The molecule has 1 atom stereocenters. The number of rotatable bonds is 8. The van der Waals surface area contributed by atoms with Gasteiger partial charge in [0, 0.05) is 31.6 Å². The second-order valence-electron chi connectivity index (χ2n) is 7.44. The van der Waals surface area contributed by atoms with Crippen LogP contribution in [0.1, 0.15) is 32.0 Å². The van der Waals surface area contributed by atoms with E-state index in [9.17, 15) is 14.0 Å². The number of aromatic nitrogens is 3. The summed E-state index contributed by atoms with van der Waals surface area (Å²) in [6.07, 6.45) is 4.03. The molecule has 2 aromatic heterocycles. The fourth-order valence-corrected chi connectivity index (χ4v) is 3.16. The van der Waals surface area contributed by atoms with Gasteiger partial charge in [0.25, 0.3) is 5.56 Å². The molecule has 7 heteroatoms. The Hall–Kier alpha value is -3.22. The minimum absolute atomic E-state index is 0.0710. The van der Waals surface area contributed by atoms with Crippen molar-refractivity contribution in [1.82, 2.24) is 14.3 Å². The fourth-order valence-electron chi connectivity index (χ4n) is 3.16. The van der Waals surface area contributed by atoms with Crippen molar-refractivity contribution in [1.29, 1.82) is 0 Å². The third-order valence-corrected chi connectivity index (χ3v) is 4.48. The van der Waals surface area contributed by atoms with Gasteiger partial charge in [-0.1, -0.05) is 19.9 Å². The average Bonchev–Trinajstić information content (AvgIpc) is 3.05. The van der Waals surface area contributed by atoms with Gasteiger partial charge >= 0.3 is 0 Å². The summed E-state index contributed by atoms with van der Waals surface area (Å²) in [5.41, 5.74) is 0.323. The maximum atomic E-state index is 13.3. The number of pyridine rings is 1. The number of ether oxygens (including phenoxy) is 1. The average molecular weight is 397 g/mol. The number of carbonyl (C=O) groups excluding carboxylic acids is 1. The minimum atomic E-state index is -0.590. The SMILES string of the molecule is CC(C)CC(C(=O)Cc1ccn(C)n1)n1ccc(Oc2cccc(F)c2)cc1=O. The smallest absolute Gasteiger partial charge is 0.254 e. The Morgan fingerprint density at radius 2 is 1.90 bits per heavy atom. The molecule has 0 aliphatic heterocycles. The van der Waals surface area contributed by atoms with Crippen LogP contribution in [-0.4, -0.2) is 20.1 Å². The number of halogens is 1. The van der Waals surface area contributed by atoms with Crippen LogP contribution in [0.4, 0.5) is 4.39 Å². The van der Waals surface area contributed by atoms with Crippen LogP contribution in [-0.2, 0) is 18.3 Å². The zero-order valence-corrected chi connectivity index (χ0v) is 16.7. The lowest BCUT2D eigenvalue weighted by molar-refractivity contribution is -0.122. The maximum absolute atomic E-state index is 13.3. The monoisotopic (exact) mass is 397 g/mol. The molecule has 0 fully saturated rings. The summed E-state index contributed by atoms with van der Waals surface area (Å²) in [4.78, 5) is 25.7. The Balaban J connectivity index is 1.83. The zero-order valence-electron chi connectivity index (χ0n) is 16.7. The van der Waals surface area contributed by atoms with Crippen molar-refractivity contribution in [2.24, 2.45) is 13.0 Å². The first-order chi connectivity index (χ1) is 13.8. The molecule has 2 heterocycles. The van der Waals surface area contributed by atoms with Gasteiger partial charge in [-0.05, 0) is 36.6 Å². The molecule has 29 heavy (non-hydrogen) atoms. The van der Waals surface area contributed by atoms with Crippen LogP contribution in [0.25, 0.3) is 0 Å². The maximum Gasteiger partial charge on any atom is 0.254 e. The van der Waals surface area contributed by atoms with Gasteiger partial charge in [-0.15, -0.1) is 0 Å². The number of hydrogen-bond acceptors (Lipinski definition) is 4. The van der Waals surface area contributed by atoms with Crippen LogP contribution in [0.5, 0.6) is 11.5 Å². The standard InChI is InChI=1S/C22H24FN3O3/c1-15(2)11-20(21(27)13-17-7-9-25(3)24-17)26-10-8-19(14-22(26)28)29-18-6-4-5-16(23)12-18/h4-10,12,14-15,20H,11,13H2,1-3H3. The lowest BCUT2D eigenvalue weighted by Gasteiger charge is -2.20. The van der Waals surface area contributed by atoms with Crippen molar-refractivity contribution in [3.05, 3.63) is 76.7 Å². The largest absolute Gasteiger partial charge is 0.457 e. The number of carbonyl (C=O) groups is 1. The van der Waals surface area contributed by atoms with Gasteiger partial charge in [-0.2, -0.15) is 5.10 Å². The molecule has 6 nitrogen and oxygen atoms in total. The van der Waals surface area contributed by atoms with Crippen molar-refractivity contribution in [2.45, 2.75) is 32.7 Å². The van der Waals surface area contributed by atoms with Gasteiger partial charge in [0.1, 0.15) is 17.3 Å². The lowest BCUT2D eigenvalue weighted by Crippen LogP contribution is -2.31. The Morgan fingerprint density at radius 3 is 2.52 bits per heavy atom. The highest BCUT2D eigenvalue weighted by atomic mass is 19.1. The molecule has 0 N–H and O–H groups in total. The number of nitrogens with zero attached hydrogens (tertiary/aromatic N) is 3. The van der Waals surface area contributed by atoms with Crippen molar-refractivity contribution in [3.63, 3.8) is 0 Å². The normalized spacial score (nSPS) is 12.2. The van der Waals surface area contributed by atoms with E-state index < -0.39 is 11.9 Å². The van der Waals surface area contributed by atoms with E-state index in [2.05, 4.69) is 5.10 Å². The topological polar surface area (TPSA) is 66.1 Å². The highest BCUT2D eigenvalue weighted by Crippen LogP contribution is 2.23. The summed E-state index contributed by atoms with van der Waals surface area (Å²) >= 11 is 0. The number of Topliss-reactive ketones (excluding diaryl/α,β-unsaturated/α-hetero) is 1. The summed E-state index contributed by atoms with van der Waals surface area (Å²) in [5.74, 6) is 0.318. The molecule has 0 saturated heterocycles. The van der Waals surface area contributed by atoms with Crippen molar-refractivity contribution < 1.29 is 13.9 Å². The van der Waals surface area contributed by atoms with Gasteiger partial charge < -0.3 is 9.30 Å². The molecule has 0 radical (unpaired) electrons. The van der Waals surface area contributed by atoms with E-state index in [-0.39, 0.29) is 29.4 Å². The molecular formula is C22H24FN3O3. The molecule has 0 amide bonds. The van der Waals surface area contributed by atoms with Crippen molar-refractivity contribution in [2.75, 3.05) is 0 Å². The van der Waals surface area contributed by atoms with Crippen molar-refractivity contribution >= 4 is 5.78 Å². The Kier molecular flexibility index (Phi) is 6.26. The van der Waals surface area contributed by atoms with E-state index in [1.54, 1.807) is 42.3 Å². The van der Waals surface area contributed by atoms with Gasteiger partial charge in [0.05, 0.1) is 18.2 Å². The molecule has 0 bridgehead atoms. The van der Waals surface area contributed by atoms with E-state index in [0.717, 1.165) is 0 Å². The first kappa shape index (κ1) is 20.5. The molecule has 0 saturated carbocycles. The zero-order chi connectivity index (χ0) is 21.0. The van der Waals surface area contributed by atoms with Crippen LogP contribution in [0.3, 0.4) is 0 Å². The highest BCUT2D eigenvalue weighted by Gasteiger charge is 2.23. The molecule has 1 aromatic carbocycles. The third kappa shape index (κ3) is 5.40. The molecule has 1 unspecified atom stereocenters. The molecule has 0 aliphatic carbocycles. The van der Waals surface area contributed by atoms with Gasteiger partial charge in [0.2, 0.25) is 0 Å². The lowest BCUT2D eigenvalue weighted by atomic mass is 9.97. The second-order valence-corrected chi connectivity index (χ2v) is 7.44. The summed E-state index contributed by atoms with van der Waals surface area (Å²) < 4.78 is 22.0. The molecule has 0 aliphatic rings. The summed E-state index contributed by atoms with van der Waals surface area (Å²) in [7, 11) is 1.79. The summed E-state index contributed by atoms with van der Waals surface area (Å²) in [5, 5.41) is 4.25. The first-order valence-electron chi connectivity index (χ1n) is 9.48. The van der Waals surface area contributed by atoms with Crippen LogP contribution < -0.4 is 10.3 Å². The number of ketones is 1. The Bertz CT molecular complexity index is 1060. The van der Waals surface area contributed by atoms with E-state index in [1.165, 1.54) is 28.8 Å². The van der Waals surface area contributed by atoms with Crippen LogP contribution in [0, 0.1) is 11.7 Å². The minimum Gasteiger partial charge on any atom is -0.457 e.